The Morgan fingerprint density at radius 2 is 1.75 bits per heavy atom. The largest absolute Gasteiger partial charge is 0.351 e. The number of benzene rings is 1. The van der Waals surface area contributed by atoms with E-state index in [1.807, 2.05) is 13.8 Å². The van der Waals surface area contributed by atoms with Gasteiger partial charge in [0.05, 0.1) is 0 Å². The lowest BCUT2D eigenvalue weighted by atomic mass is 9.88. The zero-order valence-corrected chi connectivity index (χ0v) is 14.0. The molecular formula is C17H26ClNO. The quantitative estimate of drug-likeness (QED) is 0.775. The molecule has 3 heteroatoms. The van der Waals surface area contributed by atoms with Crippen LogP contribution >= 0.6 is 11.6 Å². The fourth-order valence-corrected chi connectivity index (χ4v) is 2.71. The van der Waals surface area contributed by atoms with Gasteiger partial charge in [-0.1, -0.05) is 31.5 Å². The molecule has 0 aliphatic rings. The molecule has 0 aromatic heterocycles. The van der Waals surface area contributed by atoms with Crippen LogP contribution in [0.3, 0.4) is 0 Å². The molecule has 1 aromatic carbocycles. The van der Waals surface area contributed by atoms with Gasteiger partial charge in [0.25, 0.3) is 5.91 Å². The van der Waals surface area contributed by atoms with Crippen LogP contribution in [0.5, 0.6) is 0 Å². The summed E-state index contributed by atoms with van der Waals surface area (Å²) in [6, 6.07) is 4.11. The highest BCUT2D eigenvalue weighted by Gasteiger charge is 2.20. The average Bonchev–Trinajstić information content (AvgIpc) is 2.33. The van der Waals surface area contributed by atoms with Gasteiger partial charge < -0.3 is 5.32 Å². The number of amides is 1. The molecule has 1 N–H and O–H groups in total. The summed E-state index contributed by atoms with van der Waals surface area (Å²) in [5.74, 6) is 0.701. The van der Waals surface area contributed by atoms with E-state index in [1.54, 1.807) is 0 Å². The van der Waals surface area contributed by atoms with Crippen LogP contribution in [0.1, 0.15) is 53.7 Å². The molecule has 0 radical (unpaired) electrons. The number of nitrogens with one attached hydrogen (secondary N) is 1. The minimum atomic E-state index is 0.0268. The van der Waals surface area contributed by atoms with Crippen molar-refractivity contribution < 1.29 is 4.79 Å². The van der Waals surface area contributed by atoms with Crippen LogP contribution in [0.15, 0.2) is 12.1 Å². The number of alkyl halides is 1. The molecular weight excluding hydrogens is 270 g/mol. The van der Waals surface area contributed by atoms with Gasteiger partial charge in [0.2, 0.25) is 0 Å². The SMILES string of the molecule is Cc1cc(C)c(C(=O)NCC(C)(C)CCCCl)c(C)c1. The molecule has 0 spiro atoms. The van der Waals surface area contributed by atoms with Crippen LogP contribution in [0, 0.1) is 26.2 Å². The van der Waals surface area contributed by atoms with Crippen molar-refractivity contribution in [1.29, 1.82) is 0 Å². The van der Waals surface area contributed by atoms with E-state index in [4.69, 9.17) is 11.6 Å². The number of carbonyl (C=O) groups excluding carboxylic acids is 1. The maximum atomic E-state index is 12.4. The molecule has 0 saturated heterocycles. The number of rotatable bonds is 6. The van der Waals surface area contributed by atoms with E-state index >= 15 is 0 Å². The molecule has 0 fully saturated rings. The molecule has 2 nitrogen and oxygen atoms in total. The Morgan fingerprint density at radius 1 is 1.20 bits per heavy atom. The highest BCUT2D eigenvalue weighted by atomic mass is 35.5. The summed E-state index contributed by atoms with van der Waals surface area (Å²) in [6.07, 6.45) is 2.00. The van der Waals surface area contributed by atoms with Gasteiger partial charge in [-0.2, -0.15) is 0 Å². The van der Waals surface area contributed by atoms with E-state index in [1.165, 1.54) is 5.56 Å². The Morgan fingerprint density at radius 3 is 2.25 bits per heavy atom. The van der Waals surface area contributed by atoms with Crippen LogP contribution in [-0.2, 0) is 0 Å². The number of aryl methyl sites for hydroxylation is 3. The van der Waals surface area contributed by atoms with Gasteiger partial charge in [0.1, 0.15) is 0 Å². The van der Waals surface area contributed by atoms with E-state index in [2.05, 4.69) is 38.2 Å². The summed E-state index contributed by atoms with van der Waals surface area (Å²) >= 11 is 5.74. The van der Waals surface area contributed by atoms with Crippen molar-refractivity contribution in [2.24, 2.45) is 5.41 Å². The third kappa shape index (κ3) is 4.82. The molecule has 0 atom stereocenters. The minimum absolute atomic E-state index is 0.0268. The van der Waals surface area contributed by atoms with Gasteiger partial charge in [-0.15, -0.1) is 11.6 Å². The van der Waals surface area contributed by atoms with Crippen molar-refractivity contribution in [2.75, 3.05) is 12.4 Å². The van der Waals surface area contributed by atoms with Crippen molar-refractivity contribution in [3.8, 4) is 0 Å². The van der Waals surface area contributed by atoms with E-state index in [9.17, 15) is 4.79 Å². The average molecular weight is 296 g/mol. The summed E-state index contributed by atoms with van der Waals surface area (Å²) in [5.41, 5.74) is 4.16. The van der Waals surface area contributed by atoms with Gasteiger partial charge in [0, 0.05) is 18.0 Å². The third-order valence-electron chi connectivity index (χ3n) is 3.62. The second kappa shape index (κ2) is 7.12. The maximum absolute atomic E-state index is 12.4. The zero-order chi connectivity index (χ0) is 15.3. The molecule has 0 aliphatic carbocycles. The lowest BCUT2D eigenvalue weighted by Crippen LogP contribution is -2.34. The first-order valence-corrected chi connectivity index (χ1v) is 7.72. The lowest BCUT2D eigenvalue weighted by Gasteiger charge is -2.25. The second-order valence-corrected chi connectivity index (χ2v) is 6.79. The van der Waals surface area contributed by atoms with Gasteiger partial charge in [-0.25, -0.2) is 0 Å². The van der Waals surface area contributed by atoms with Crippen molar-refractivity contribution in [2.45, 2.75) is 47.5 Å². The molecule has 1 amide bonds. The number of hydrogen-bond donors (Lipinski definition) is 1. The topological polar surface area (TPSA) is 29.1 Å². The second-order valence-electron chi connectivity index (χ2n) is 6.41. The van der Waals surface area contributed by atoms with Crippen molar-refractivity contribution in [3.63, 3.8) is 0 Å². The number of carbonyl (C=O) groups is 1. The fraction of sp³-hybridized carbons (Fsp3) is 0.588. The molecule has 20 heavy (non-hydrogen) atoms. The van der Waals surface area contributed by atoms with Crippen molar-refractivity contribution in [1.82, 2.24) is 5.32 Å². The predicted molar refractivity (Wildman–Crippen MR) is 86.7 cm³/mol. The third-order valence-corrected chi connectivity index (χ3v) is 3.89. The molecule has 0 unspecified atom stereocenters. The van der Waals surface area contributed by atoms with Crippen LogP contribution in [-0.4, -0.2) is 18.3 Å². The highest BCUT2D eigenvalue weighted by Crippen LogP contribution is 2.22. The molecule has 0 saturated carbocycles. The summed E-state index contributed by atoms with van der Waals surface area (Å²) in [5, 5.41) is 3.07. The lowest BCUT2D eigenvalue weighted by molar-refractivity contribution is 0.0933. The smallest absolute Gasteiger partial charge is 0.251 e. The van der Waals surface area contributed by atoms with Gasteiger partial charge in [0.15, 0.2) is 0 Å². The van der Waals surface area contributed by atoms with Crippen molar-refractivity contribution in [3.05, 3.63) is 34.4 Å². The molecule has 0 bridgehead atoms. The number of hydrogen-bond acceptors (Lipinski definition) is 1. The first kappa shape index (κ1) is 17.0. The molecule has 0 aliphatic heterocycles. The molecule has 0 heterocycles. The van der Waals surface area contributed by atoms with Crippen LogP contribution in [0.25, 0.3) is 0 Å². The Balaban J connectivity index is 2.73. The summed E-state index contributed by atoms with van der Waals surface area (Å²) in [6.45, 7) is 11.0. The summed E-state index contributed by atoms with van der Waals surface area (Å²) < 4.78 is 0. The highest BCUT2D eigenvalue weighted by molar-refractivity contribution is 6.17. The van der Waals surface area contributed by atoms with Crippen molar-refractivity contribution >= 4 is 17.5 Å². The molecule has 1 rings (SSSR count). The first-order chi connectivity index (χ1) is 9.26. The summed E-state index contributed by atoms with van der Waals surface area (Å²) in [4.78, 5) is 12.4. The maximum Gasteiger partial charge on any atom is 0.251 e. The minimum Gasteiger partial charge on any atom is -0.351 e. The van der Waals surface area contributed by atoms with Gasteiger partial charge >= 0.3 is 0 Å². The molecule has 112 valence electrons. The van der Waals surface area contributed by atoms with E-state index in [-0.39, 0.29) is 11.3 Å². The van der Waals surface area contributed by atoms with E-state index in [0.29, 0.717) is 12.4 Å². The predicted octanol–water partition coefficient (Wildman–Crippen LogP) is 4.39. The van der Waals surface area contributed by atoms with Crippen LogP contribution < -0.4 is 5.32 Å². The Hall–Kier alpha value is -1.02. The van der Waals surface area contributed by atoms with E-state index < -0.39 is 0 Å². The van der Waals surface area contributed by atoms with Crippen LogP contribution in [0.2, 0.25) is 0 Å². The normalized spacial score (nSPS) is 11.5. The fourth-order valence-electron chi connectivity index (χ4n) is 2.58. The monoisotopic (exact) mass is 295 g/mol. The van der Waals surface area contributed by atoms with E-state index in [0.717, 1.165) is 29.5 Å². The Labute approximate surface area is 127 Å². The van der Waals surface area contributed by atoms with Gasteiger partial charge in [-0.3, -0.25) is 4.79 Å². The summed E-state index contributed by atoms with van der Waals surface area (Å²) in [7, 11) is 0. The standard InChI is InChI=1S/C17H26ClNO/c1-12-9-13(2)15(14(3)10-12)16(20)19-11-17(4,5)7-6-8-18/h9-10H,6-8,11H2,1-5H3,(H,19,20). The first-order valence-electron chi connectivity index (χ1n) is 7.19. The Kier molecular flexibility index (Phi) is 6.07. The molecule has 1 aromatic rings. The van der Waals surface area contributed by atoms with Crippen LogP contribution in [0.4, 0.5) is 0 Å². The number of halogens is 1. The zero-order valence-electron chi connectivity index (χ0n) is 13.3. The van der Waals surface area contributed by atoms with Gasteiger partial charge in [-0.05, 0) is 50.2 Å². The Bertz CT molecular complexity index is 457.